The van der Waals surface area contributed by atoms with Gasteiger partial charge in [0.25, 0.3) is 0 Å². The third-order valence-corrected chi connectivity index (χ3v) is 4.11. The van der Waals surface area contributed by atoms with Crippen molar-refractivity contribution in [3.63, 3.8) is 0 Å². The molecular formula is C13H12ClF3N6O2S. The molecule has 0 unspecified atom stereocenters. The molecule has 0 saturated carbocycles. The molecule has 0 spiro atoms. The molecule has 2 aromatic rings. The second-order valence-electron chi connectivity index (χ2n) is 4.79. The molecular weight excluding hydrogens is 397 g/mol. The number of thioether (sulfide) groups is 1. The number of carbonyl (C=O) groups is 2. The lowest BCUT2D eigenvalue weighted by Gasteiger charge is -2.09. The van der Waals surface area contributed by atoms with Crippen LogP contribution in [0.4, 0.5) is 23.7 Å². The van der Waals surface area contributed by atoms with Crippen LogP contribution >= 0.6 is 23.4 Å². The zero-order valence-corrected chi connectivity index (χ0v) is 14.7. The fourth-order valence-electron chi connectivity index (χ4n) is 1.68. The molecule has 1 aromatic heterocycles. The molecule has 26 heavy (non-hydrogen) atoms. The van der Waals surface area contributed by atoms with Crippen molar-refractivity contribution in [3.05, 3.63) is 35.1 Å². The number of alkyl halides is 3. The van der Waals surface area contributed by atoms with Crippen LogP contribution in [0, 0.1) is 0 Å². The maximum Gasteiger partial charge on any atom is 0.451 e. The normalized spacial score (nSPS) is 11.1. The Morgan fingerprint density at radius 1 is 1.19 bits per heavy atom. The maximum atomic E-state index is 12.6. The smallest absolute Gasteiger partial charge is 0.307 e. The highest BCUT2D eigenvalue weighted by molar-refractivity contribution is 7.99. The molecule has 0 atom stereocenters. The van der Waals surface area contributed by atoms with Crippen LogP contribution in [0.15, 0.2) is 29.4 Å². The molecule has 0 radical (unpaired) electrons. The molecule has 1 aromatic carbocycles. The van der Waals surface area contributed by atoms with Crippen LogP contribution < -0.4 is 16.2 Å². The Kier molecular flexibility index (Phi) is 6.32. The number of aromatic nitrogens is 3. The van der Waals surface area contributed by atoms with E-state index in [0.717, 1.165) is 23.4 Å². The maximum absolute atomic E-state index is 12.6. The molecule has 0 fully saturated rings. The van der Waals surface area contributed by atoms with Crippen LogP contribution in [0.1, 0.15) is 5.82 Å². The molecule has 0 aliphatic heterocycles. The van der Waals surface area contributed by atoms with E-state index in [1.54, 1.807) is 24.3 Å². The number of benzene rings is 1. The molecule has 1 heterocycles. The van der Waals surface area contributed by atoms with E-state index in [9.17, 15) is 22.8 Å². The summed E-state index contributed by atoms with van der Waals surface area (Å²) in [6.07, 6.45) is -4.63. The molecule has 0 aliphatic carbocycles. The van der Waals surface area contributed by atoms with Crippen LogP contribution in [0.5, 0.6) is 0 Å². The van der Waals surface area contributed by atoms with Gasteiger partial charge in [0, 0.05) is 17.8 Å². The average Bonchev–Trinajstić information content (AvgIpc) is 2.94. The number of rotatable bonds is 4. The van der Waals surface area contributed by atoms with Crippen molar-refractivity contribution in [1.29, 1.82) is 0 Å². The van der Waals surface area contributed by atoms with Crippen molar-refractivity contribution in [2.75, 3.05) is 11.1 Å². The van der Waals surface area contributed by atoms with Crippen LogP contribution in [-0.2, 0) is 18.0 Å². The SMILES string of the molecule is Cn1c(SCC(=O)NNC(=O)Nc2ccc(Cl)cc2)nnc1C(F)(F)F. The molecule has 2 rings (SSSR count). The largest absolute Gasteiger partial charge is 0.451 e. The molecule has 0 aliphatic rings. The second-order valence-corrected chi connectivity index (χ2v) is 6.16. The van der Waals surface area contributed by atoms with E-state index in [2.05, 4.69) is 26.4 Å². The Labute approximate surface area is 154 Å². The third kappa shape index (κ3) is 5.52. The number of hydrogen-bond acceptors (Lipinski definition) is 5. The molecule has 3 N–H and O–H groups in total. The average molecular weight is 409 g/mol. The Morgan fingerprint density at radius 2 is 1.85 bits per heavy atom. The molecule has 0 saturated heterocycles. The van der Waals surface area contributed by atoms with Gasteiger partial charge in [0.05, 0.1) is 5.75 Å². The van der Waals surface area contributed by atoms with Crippen molar-refractivity contribution in [2.24, 2.45) is 7.05 Å². The summed E-state index contributed by atoms with van der Waals surface area (Å²) in [5.74, 6) is -2.08. The van der Waals surface area contributed by atoms with E-state index in [1.807, 2.05) is 0 Å². The van der Waals surface area contributed by atoms with Gasteiger partial charge in [-0.2, -0.15) is 13.2 Å². The van der Waals surface area contributed by atoms with Gasteiger partial charge in [0.1, 0.15) is 0 Å². The standard InChI is InChI=1S/C13H12ClF3N6O2S/c1-23-10(13(15,16)17)20-22-12(23)26-6-9(24)19-21-11(25)18-8-4-2-7(14)3-5-8/h2-5H,6H2,1H3,(H,19,24)(H2,18,21,25). The van der Waals surface area contributed by atoms with Crippen LogP contribution in [0.3, 0.4) is 0 Å². The lowest BCUT2D eigenvalue weighted by Crippen LogP contribution is -2.44. The Morgan fingerprint density at radius 3 is 2.42 bits per heavy atom. The number of carbonyl (C=O) groups excluding carboxylic acids is 2. The van der Waals surface area contributed by atoms with Crippen LogP contribution in [0.25, 0.3) is 0 Å². The van der Waals surface area contributed by atoms with Crippen molar-refractivity contribution < 1.29 is 22.8 Å². The minimum atomic E-state index is -4.63. The summed E-state index contributed by atoms with van der Waals surface area (Å²) in [4.78, 5) is 23.3. The Hall–Kier alpha value is -2.47. The Balaban J connectivity index is 1.78. The summed E-state index contributed by atoms with van der Waals surface area (Å²) >= 11 is 6.45. The summed E-state index contributed by atoms with van der Waals surface area (Å²) in [5.41, 5.74) is 4.67. The highest BCUT2D eigenvalue weighted by atomic mass is 35.5. The highest BCUT2D eigenvalue weighted by Crippen LogP contribution is 2.29. The highest BCUT2D eigenvalue weighted by Gasteiger charge is 2.37. The van der Waals surface area contributed by atoms with Crippen molar-refractivity contribution in [2.45, 2.75) is 11.3 Å². The minimum Gasteiger partial charge on any atom is -0.307 e. The number of nitrogens with one attached hydrogen (secondary N) is 3. The molecule has 13 heteroatoms. The van der Waals surface area contributed by atoms with Crippen molar-refractivity contribution >= 4 is 41.0 Å². The lowest BCUT2D eigenvalue weighted by molar-refractivity contribution is -0.147. The first-order valence-electron chi connectivity index (χ1n) is 6.87. The second kappa shape index (κ2) is 8.27. The van der Waals surface area contributed by atoms with Crippen LogP contribution in [-0.4, -0.2) is 32.5 Å². The lowest BCUT2D eigenvalue weighted by atomic mass is 10.3. The van der Waals surface area contributed by atoms with Gasteiger partial charge in [-0.25, -0.2) is 10.2 Å². The van der Waals surface area contributed by atoms with E-state index >= 15 is 0 Å². The van der Waals surface area contributed by atoms with Gasteiger partial charge in [-0.05, 0) is 24.3 Å². The predicted octanol–water partition coefficient (Wildman–Crippen LogP) is 2.43. The zero-order chi connectivity index (χ0) is 19.3. The van der Waals surface area contributed by atoms with Gasteiger partial charge < -0.3 is 9.88 Å². The van der Waals surface area contributed by atoms with E-state index in [1.165, 1.54) is 0 Å². The molecule has 140 valence electrons. The Bertz CT molecular complexity index is 796. The fourth-order valence-corrected chi connectivity index (χ4v) is 2.51. The minimum absolute atomic E-state index is 0.0851. The van der Waals surface area contributed by atoms with E-state index < -0.39 is 23.9 Å². The molecule has 0 bridgehead atoms. The van der Waals surface area contributed by atoms with E-state index in [4.69, 9.17) is 11.6 Å². The third-order valence-electron chi connectivity index (χ3n) is 2.84. The van der Waals surface area contributed by atoms with Crippen molar-refractivity contribution in [3.8, 4) is 0 Å². The number of hydrogen-bond donors (Lipinski definition) is 3. The van der Waals surface area contributed by atoms with Gasteiger partial charge in [0.2, 0.25) is 11.7 Å². The number of anilines is 1. The zero-order valence-electron chi connectivity index (χ0n) is 13.1. The van der Waals surface area contributed by atoms with Gasteiger partial charge in [-0.15, -0.1) is 10.2 Å². The number of halogens is 4. The molecule has 3 amide bonds. The van der Waals surface area contributed by atoms with Gasteiger partial charge in [0.15, 0.2) is 5.16 Å². The summed E-state index contributed by atoms with van der Waals surface area (Å²) in [6.45, 7) is 0. The van der Waals surface area contributed by atoms with Gasteiger partial charge >= 0.3 is 12.2 Å². The van der Waals surface area contributed by atoms with Crippen LogP contribution in [0.2, 0.25) is 5.02 Å². The van der Waals surface area contributed by atoms with Gasteiger partial charge in [-0.1, -0.05) is 23.4 Å². The van der Waals surface area contributed by atoms with E-state index in [0.29, 0.717) is 10.7 Å². The summed E-state index contributed by atoms with van der Waals surface area (Å²) in [7, 11) is 1.14. The monoisotopic (exact) mass is 408 g/mol. The van der Waals surface area contributed by atoms with Gasteiger partial charge in [-0.3, -0.25) is 10.2 Å². The number of amides is 3. The number of nitrogens with zero attached hydrogens (tertiary/aromatic N) is 3. The topological polar surface area (TPSA) is 101 Å². The first-order valence-corrected chi connectivity index (χ1v) is 8.24. The predicted molar refractivity (Wildman–Crippen MR) is 88.5 cm³/mol. The number of urea groups is 1. The van der Waals surface area contributed by atoms with E-state index in [-0.39, 0.29) is 10.9 Å². The number of hydrazine groups is 1. The van der Waals surface area contributed by atoms with Crippen molar-refractivity contribution in [1.82, 2.24) is 25.6 Å². The first-order chi connectivity index (χ1) is 12.2. The summed E-state index contributed by atoms with van der Waals surface area (Å²) in [6, 6.07) is 5.56. The summed E-state index contributed by atoms with van der Waals surface area (Å²) < 4.78 is 38.5. The fraction of sp³-hybridized carbons (Fsp3) is 0.231. The quantitative estimate of drug-likeness (QED) is 0.533. The molecule has 8 nitrogen and oxygen atoms in total. The summed E-state index contributed by atoms with van der Waals surface area (Å²) in [5, 5.41) is 9.28. The first kappa shape index (κ1) is 19.8.